The van der Waals surface area contributed by atoms with Crippen LogP contribution in [0.3, 0.4) is 0 Å². The molecule has 0 amide bonds. The molecule has 0 aliphatic heterocycles. The van der Waals surface area contributed by atoms with E-state index in [0.29, 0.717) is 11.8 Å². The highest BCUT2D eigenvalue weighted by Crippen LogP contribution is 2.26. The molecule has 0 aliphatic rings. The molecule has 4 atom stereocenters. The lowest BCUT2D eigenvalue weighted by molar-refractivity contribution is -0.165. The molecule has 0 bridgehead atoms. The zero-order chi connectivity index (χ0) is 35.3. The summed E-state index contributed by atoms with van der Waals surface area (Å²) < 4.78 is 0. The maximum absolute atomic E-state index is 9.77. The molecule has 48 heavy (non-hydrogen) atoms. The monoisotopic (exact) mass is 696 g/mol. The van der Waals surface area contributed by atoms with E-state index >= 15 is 0 Å². The molecule has 0 saturated carbocycles. The number of aliphatic hydroxyl groups excluding tert-OH is 2. The number of hydrogen-bond donors (Lipinski definition) is 6. The third kappa shape index (κ3) is 15.4. The first-order chi connectivity index (χ1) is 23.0. The maximum Gasteiger partial charge on any atom is 0.335 e. The van der Waals surface area contributed by atoms with Crippen LogP contribution >= 0.6 is 23.2 Å². The van der Waals surface area contributed by atoms with Crippen LogP contribution < -0.4 is 10.6 Å². The fraction of sp³-hybridized carbons (Fsp3) is 0.316. The van der Waals surface area contributed by atoms with E-state index in [1.807, 2.05) is 38.4 Å². The smallest absolute Gasteiger partial charge is 0.335 e. The predicted molar refractivity (Wildman–Crippen MR) is 193 cm³/mol. The lowest BCUT2D eigenvalue weighted by Crippen LogP contribution is -2.39. The number of aliphatic hydroxyl groups is 2. The van der Waals surface area contributed by atoms with E-state index in [4.69, 9.17) is 43.6 Å². The Hall–Kier alpha value is -3.76. The summed E-state index contributed by atoms with van der Waals surface area (Å²) in [5, 5.41) is 40.6. The third-order valence-corrected chi connectivity index (χ3v) is 8.05. The third-order valence-electron chi connectivity index (χ3n) is 7.57. The lowest BCUT2D eigenvalue weighted by atomic mass is 9.89. The maximum atomic E-state index is 9.77. The highest BCUT2D eigenvalue weighted by molar-refractivity contribution is 6.30. The average Bonchev–Trinajstić information content (AvgIpc) is 3.09. The molecule has 0 radical (unpaired) electrons. The zero-order valence-corrected chi connectivity index (χ0v) is 28.8. The molecule has 8 nitrogen and oxygen atoms in total. The highest BCUT2D eigenvalue weighted by Gasteiger charge is 2.29. The van der Waals surface area contributed by atoms with Gasteiger partial charge >= 0.3 is 11.9 Å². The van der Waals surface area contributed by atoms with Crippen LogP contribution in [-0.2, 0) is 22.4 Å². The fourth-order valence-electron chi connectivity index (χ4n) is 5.03. The van der Waals surface area contributed by atoms with Crippen LogP contribution in [0.4, 0.5) is 0 Å². The zero-order valence-electron chi connectivity index (χ0n) is 27.3. The van der Waals surface area contributed by atoms with Gasteiger partial charge in [-0.1, -0.05) is 108 Å². The number of carboxylic acid groups (broad SMARTS) is 2. The Labute approximate surface area is 293 Å². The Morgan fingerprint density at radius 1 is 0.583 bits per heavy atom. The molecule has 4 aromatic carbocycles. The van der Waals surface area contributed by atoms with Crippen LogP contribution in [0.5, 0.6) is 0 Å². The van der Waals surface area contributed by atoms with E-state index in [0.717, 1.165) is 48.8 Å². The van der Waals surface area contributed by atoms with Crippen molar-refractivity contribution in [2.45, 2.75) is 49.7 Å². The van der Waals surface area contributed by atoms with Gasteiger partial charge < -0.3 is 31.1 Å². The van der Waals surface area contributed by atoms with Crippen LogP contribution in [0.15, 0.2) is 109 Å². The van der Waals surface area contributed by atoms with Crippen molar-refractivity contribution >= 4 is 35.1 Å². The molecule has 0 aromatic heterocycles. The molecule has 0 aliphatic carbocycles. The normalized spacial score (nSPS) is 13.0. The molecular weight excluding hydrogens is 651 g/mol. The minimum Gasteiger partial charge on any atom is -0.479 e. The number of benzene rings is 4. The van der Waals surface area contributed by atoms with Crippen molar-refractivity contribution in [3.63, 3.8) is 0 Å². The number of nitrogens with one attached hydrogen (secondary N) is 2. The summed E-state index contributed by atoms with van der Waals surface area (Å²) in [7, 11) is 4.00. The minimum absolute atomic E-state index is 0.534. The molecule has 10 heteroatoms. The highest BCUT2D eigenvalue weighted by atomic mass is 35.5. The Bertz CT molecular complexity index is 1380. The van der Waals surface area contributed by atoms with Crippen molar-refractivity contribution in [1.82, 2.24) is 10.6 Å². The number of carboxylic acids is 2. The van der Waals surface area contributed by atoms with Gasteiger partial charge in [0.1, 0.15) is 0 Å². The van der Waals surface area contributed by atoms with Crippen LogP contribution in [0, 0.1) is 0 Å². The number of carbonyl (C=O) groups is 2. The van der Waals surface area contributed by atoms with Gasteiger partial charge in [-0.2, -0.15) is 0 Å². The summed E-state index contributed by atoms with van der Waals surface area (Å²) in [5.74, 6) is -2.47. The fourth-order valence-corrected chi connectivity index (χ4v) is 5.45. The van der Waals surface area contributed by atoms with Gasteiger partial charge in [0.05, 0.1) is 0 Å². The molecule has 0 heterocycles. The van der Waals surface area contributed by atoms with Gasteiger partial charge in [0.25, 0.3) is 0 Å². The topological polar surface area (TPSA) is 139 Å². The molecule has 4 unspecified atom stereocenters. The van der Waals surface area contributed by atoms with Crippen LogP contribution in [0.25, 0.3) is 0 Å². The van der Waals surface area contributed by atoms with Crippen molar-refractivity contribution in [1.29, 1.82) is 0 Å². The second-order valence-electron chi connectivity index (χ2n) is 11.2. The number of halogens is 2. The van der Waals surface area contributed by atoms with E-state index in [-0.39, 0.29) is 0 Å². The van der Waals surface area contributed by atoms with Crippen LogP contribution in [0.1, 0.15) is 46.9 Å². The van der Waals surface area contributed by atoms with E-state index in [9.17, 15) is 9.59 Å². The quantitative estimate of drug-likeness (QED) is 0.0836. The largest absolute Gasteiger partial charge is 0.479 e. The summed E-state index contributed by atoms with van der Waals surface area (Å²) >= 11 is 12.1. The van der Waals surface area contributed by atoms with Crippen LogP contribution in [0.2, 0.25) is 10.0 Å². The minimum atomic E-state index is -2.27. The van der Waals surface area contributed by atoms with Gasteiger partial charge in [-0.15, -0.1) is 0 Å². The van der Waals surface area contributed by atoms with Gasteiger partial charge in [-0.25, -0.2) is 9.59 Å². The lowest BCUT2D eigenvalue weighted by Gasteiger charge is -2.17. The Kier molecular flexibility index (Phi) is 19.2. The van der Waals surface area contributed by atoms with Crippen LogP contribution in [-0.4, -0.2) is 71.8 Å². The first-order valence-electron chi connectivity index (χ1n) is 15.7. The van der Waals surface area contributed by atoms with Gasteiger partial charge in [0, 0.05) is 10.0 Å². The molecule has 258 valence electrons. The van der Waals surface area contributed by atoms with Gasteiger partial charge in [0.15, 0.2) is 12.2 Å². The second-order valence-corrected chi connectivity index (χ2v) is 12.1. The number of aliphatic carboxylic acids is 2. The molecule has 4 aromatic rings. The van der Waals surface area contributed by atoms with Gasteiger partial charge in [0.2, 0.25) is 0 Å². The van der Waals surface area contributed by atoms with Crippen molar-refractivity contribution in [3.05, 3.63) is 141 Å². The summed E-state index contributed by atoms with van der Waals surface area (Å²) in [6.07, 6.45) is -0.201. The second kappa shape index (κ2) is 22.7. The molecule has 0 spiro atoms. The SMILES string of the molecule is CNCCC(Cc1cccc(Cl)c1)c1ccccc1.CNCCC(Cc1cccc(Cl)c1)c1ccccc1.O=C(O)C(O)C(O)C(=O)O. The van der Waals surface area contributed by atoms with Crippen molar-refractivity contribution in [2.24, 2.45) is 0 Å². The van der Waals surface area contributed by atoms with Crippen molar-refractivity contribution in [3.8, 4) is 0 Å². The first kappa shape index (κ1) is 40.4. The molecule has 4 rings (SSSR count). The molecule has 0 fully saturated rings. The Morgan fingerprint density at radius 2 is 0.938 bits per heavy atom. The van der Waals surface area contributed by atoms with Crippen molar-refractivity contribution < 1.29 is 30.0 Å². The summed E-state index contributed by atoms with van der Waals surface area (Å²) in [4.78, 5) is 19.5. The standard InChI is InChI=1S/2C17H20ClN.C4H6O6/c2*1-19-11-10-16(15-7-3-2-4-8-15)12-14-6-5-9-17(18)13-14;5-1(3(7)8)2(6)4(9)10/h2*2-9,13,16,19H,10-12H2,1H3;1-2,5-6H,(H,7,8)(H,9,10). The summed E-state index contributed by atoms with van der Waals surface area (Å²) in [5.41, 5.74) is 5.41. The molecular formula is C38H46Cl2N2O6. The first-order valence-corrected chi connectivity index (χ1v) is 16.5. The number of hydrogen-bond acceptors (Lipinski definition) is 6. The van der Waals surface area contributed by atoms with Gasteiger partial charge in [-0.3, -0.25) is 0 Å². The molecule has 6 N–H and O–H groups in total. The van der Waals surface area contributed by atoms with Gasteiger partial charge in [-0.05, 0) is 111 Å². The summed E-state index contributed by atoms with van der Waals surface area (Å²) in [6, 6.07) is 37.8. The van der Waals surface area contributed by atoms with E-state index in [1.165, 1.54) is 22.3 Å². The Morgan fingerprint density at radius 3 is 1.23 bits per heavy atom. The van der Waals surface area contributed by atoms with E-state index in [2.05, 4.69) is 95.6 Å². The molecule has 0 saturated heterocycles. The summed E-state index contributed by atoms with van der Waals surface area (Å²) in [6.45, 7) is 2.06. The average molecular weight is 698 g/mol. The van der Waals surface area contributed by atoms with E-state index in [1.54, 1.807) is 0 Å². The number of rotatable bonds is 15. The Balaban J connectivity index is 0.000000264. The van der Waals surface area contributed by atoms with E-state index < -0.39 is 24.1 Å². The van der Waals surface area contributed by atoms with Crippen molar-refractivity contribution in [2.75, 3.05) is 27.2 Å². The predicted octanol–water partition coefficient (Wildman–Crippen LogP) is 6.43.